The van der Waals surface area contributed by atoms with Crippen molar-refractivity contribution in [3.8, 4) is 6.07 Å². The molecule has 5 nitrogen and oxygen atoms in total. The molecule has 0 N–H and O–H groups in total. The second kappa shape index (κ2) is 7.95. The molecule has 0 aliphatic carbocycles. The van der Waals surface area contributed by atoms with Crippen LogP contribution < -0.4 is 4.90 Å². The van der Waals surface area contributed by atoms with Crippen LogP contribution in [0.2, 0.25) is 0 Å². The molecule has 1 aromatic rings. The van der Waals surface area contributed by atoms with Gasteiger partial charge in [0.2, 0.25) is 5.91 Å². The molecule has 0 atom stereocenters. The molecule has 0 aliphatic rings. The lowest BCUT2D eigenvalue weighted by Gasteiger charge is -2.21. The maximum absolute atomic E-state index is 12.0. The largest absolute Gasteiger partial charge is 0.466 e. The highest BCUT2D eigenvalue weighted by Gasteiger charge is 2.17. The van der Waals surface area contributed by atoms with Gasteiger partial charge in [-0.2, -0.15) is 5.26 Å². The Kier molecular flexibility index (Phi) is 6.24. The van der Waals surface area contributed by atoms with Gasteiger partial charge < -0.3 is 9.64 Å². The third kappa shape index (κ3) is 4.73. The summed E-state index contributed by atoms with van der Waals surface area (Å²) in [6, 6.07) is 9.20. The number of rotatable bonds is 6. The molecule has 5 heteroatoms. The number of aryl methyl sites for hydroxylation is 1. The van der Waals surface area contributed by atoms with Crippen molar-refractivity contribution >= 4 is 17.6 Å². The van der Waals surface area contributed by atoms with E-state index in [0.29, 0.717) is 12.3 Å². The average Bonchev–Trinajstić information content (AvgIpc) is 2.41. The molecule has 0 saturated carbocycles. The van der Waals surface area contributed by atoms with Crippen molar-refractivity contribution in [1.82, 2.24) is 0 Å². The average molecular weight is 274 g/mol. The molecule has 1 amide bonds. The van der Waals surface area contributed by atoms with Gasteiger partial charge in [-0.15, -0.1) is 0 Å². The monoisotopic (exact) mass is 274 g/mol. The van der Waals surface area contributed by atoms with Crippen molar-refractivity contribution in [2.75, 3.05) is 18.1 Å². The van der Waals surface area contributed by atoms with Crippen LogP contribution in [0.3, 0.4) is 0 Å². The minimum absolute atomic E-state index is 0.110. The summed E-state index contributed by atoms with van der Waals surface area (Å²) in [7, 11) is 0. The number of anilines is 1. The topological polar surface area (TPSA) is 70.4 Å². The Balaban J connectivity index is 2.80. The number of hydrogen-bond acceptors (Lipinski definition) is 4. The van der Waals surface area contributed by atoms with Crippen molar-refractivity contribution in [2.45, 2.75) is 26.7 Å². The van der Waals surface area contributed by atoms with Crippen LogP contribution in [-0.2, 0) is 14.3 Å². The molecule has 1 rings (SSSR count). The third-order valence-corrected chi connectivity index (χ3v) is 2.72. The van der Waals surface area contributed by atoms with E-state index in [4.69, 9.17) is 10.00 Å². The minimum Gasteiger partial charge on any atom is -0.466 e. The first kappa shape index (κ1) is 15.7. The molecule has 0 saturated heterocycles. The Morgan fingerprint density at radius 1 is 1.30 bits per heavy atom. The number of benzene rings is 1. The fraction of sp³-hybridized carbons (Fsp3) is 0.400. The molecular weight excluding hydrogens is 256 g/mol. The molecular formula is C15H18N2O3. The van der Waals surface area contributed by atoms with Crippen LogP contribution in [0, 0.1) is 18.3 Å². The highest BCUT2D eigenvalue weighted by Crippen LogP contribution is 2.16. The third-order valence-electron chi connectivity index (χ3n) is 2.72. The van der Waals surface area contributed by atoms with Gasteiger partial charge >= 0.3 is 5.97 Å². The first-order valence-corrected chi connectivity index (χ1v) is 6.48. The number of nitrogens with zero attached hydrogens (tertiary/aromatic N) is 2. The smallest absolute Gasteiger partial charge is 0.307 e. The molecule has 0 fully saturated rings. The number of amides is 1. The van der Waals surface area contributed by atoms with Crippen LogP contribution in [0.15, 0.2) is 24.3 Å². The lowest BCUT2D eigenvalue weighted by molar-refractivity contribution is -0.142. The van der Waals surface area contributed by atoms with Crippen LogP contribution in [0.5, 0.6) is 0 Å². The van der Waals surface area contributed by atoms with Crippen molar-refractivity contribution in [3.63, 3.8) is 0 Å². The van der Waals surface area contributed by atoms with E-state index in [9.17, 15) is 9.59 Å². The lowest BCUT2D eigenvalue weighted by atomic mass is 10.2. The van der Waals surface area contributed by atoms with Gasteiger partial charge in [0.1, 0.15) is 6.42 Å². The van der Waals surface area contributed by atoms with Gasteiger partial charge in [-0.3, -0.25) is 9.59 Å². The van der Waals surface area contributed by atoms with Crippen molar-refractivity contribution in [3.05, 3.63) is 29.8 Å². The zero-order valence-electron chi connectivity index (χ0n) is 11.8. The van der Waals surface area contributed by atoms with E-state index < -0.39 is 0 Å². The van der Waals surface area contributed by atoms with Crippen molar-refractivity contribution in [1.29, 1.82) is 5.26 Å². The van der Waals surface area contributed by atoms with Gasteiger partial charge in [0, 0.05) is 12.2 Å². The minimum atomic E-state index is -0.352. The summed E-state index contributed by atoms with van der Waals surface area (Å²) in [6.45, 7) is 4.21. The summed E-state index contributed by atoms with van der Waals surface area (Å²) >= 11 is 0. The van der Waals surface area contributed by atoms with E-state index in [1.807, 2.05) is 25.1 Å². The van der Waals surface area contributed by atoms with Gasteiger partial charge in [-0.05, 0) is 26.0 Å². The Morgan fingerprint density at radius 3 is 2.50 bits per heavy atom. The van der Waals surface area contributed by atoms with Crippen LogP contribution in [-0.4, -0.2) is 25.0 Å². The maximum Gasteiger partial charge on any atom is 0.307 e. The van der Waals surface area contributed by atoms with Crippen molar-refractivity contribution < 1.29 is 14.3 Å². The molecule has 20 heavy (non-hydrogen) atoms. The number of ether oxygens (including phenoxy) is 1. The maximum atomic E-state index is 12.0. The summed E-state index contributed by atoms with van der Waals surface area (Å²) in [6.07, 6.45) is -0.102. The summed E-state index contributed by atoms with van der Waals surface area (Å²) in [5.74, 6) is -0.671. The molecule has 106 valence electrons. The molecule has 0 spiro atoms. The Morgan fingerprint density at radius 2 is 1.95 bits per heavy atom. The second-order valence-electron chi connectivity index (χ2n) is 4.27. The fourth-order valence-corrected chi connectivity index (χ4v) is 1.72. The summed E-state index contributed by atoms with van der Waals surface area (Å²) in [5.41, 5.74) is 1.76. The van der Waals surface area contributed by atoms with E-state index in [2.05, 4.69) is 0 Å². The summed E-state index contributed by atoms with van der Waals surface area (Å²) < 4.78 is 4.85. The Labute approximate surface area is 118 Å². The molecule has 0 bridgehead atoms. The molecule has 0 aliphatic heterocycles. The number of carbonyl (C=O) groups is 2. The SMILES string of the molecule is CCOC(=O)CCN(C(=O)CC#N)c1ccc(C)cc1. The highest BCUT2D eigenvalue weighted by molar-refractivity contribution is 5.95. The highest BCUT2D eigenvalue weighted by atomic mass is 16.5. The summed E-state index contributed by atoms with van der Waals surface area (Å²) in [4.78, 5) is 24.8. The first-order valence-electron chi connectivity index (χ1n) is 6.48. The number of carbonyl (C=O) groups excluding carboxylic acids is 2. The number of nitriles is 1. The standard InChI is InChI=1S/C15H18N2O3/c1-3-20-15(19)9-11-17(14(18)8-10-16)13-6-4-12(2)5-7-13/h4-7H,3,8-9,11H2,1-2H3. The predicted octanol–water partition coefficient (Wildman–Crippen LogP) is 2.19. The quantitative estimate of drug-likeness (QED) is 0.745. The van der Waals surface area contributed by atoms with Crippen molar-refractivity contribution in [2.24, 2.45) is 0 Å². The molecule has 0 aromatic heterocycles. The molecule has 0 radical (unpaired) electrons. The Hall–Kier alpha value is -2.35. The zero-order valence-corrected chi connectivity index (χ0v) is 11.8. The van der Waals surface area contributed by atoms with Gasteiger partial charge in [0.15, 0.2) is 0 Å². The van der Waals surface area contributed by atoms with Crippen LogP contribution in [0.4, 0.5) is 5.69 Å². The lowest BCUT2D eigenvalue weighted by Crippen LogP contribution is -2.32. The van der Waals surface area contributed by atoms with E-state index in [1.165, 1.54) is 4.90 Å². The Bertz CT molecular complexity index is 503. The fourth-order valence-electron chi connectivity index (χ4n) is 1.72. The molecule has 0 heterocycles. The number of esters is 1. The normalized spacial score (nSPS) is 9.65. The summed E-state index contributed by atoms with van der Waals surface area (Å²) in [5, 5.41) is 8.65. The second-order valence-corrected chi connectivity index (χ2v) is 4.27. The van der Waals surface area contributed by atoms with Gasteiger partial charge in [-0.1, -0.05) is 17.7 Å². The van der Waals surface area contributed by atoms with E-state index >= 15 is 0 Å². The van der Waals surface area contributed by atoms with E-state index in [1.54, 1.807) is 19.1 Å². The van der Waals surface area contributed by atoms with Gasteiger partial charge in [-0.25, -0.2) is 0 Å². The van der Waals surface area contributed by atoms with E-state index in [0.717, 1.165) is 5.56 Å². The van der Waals surface area contributed by atoms with Gasteiger partial charge in [0.25, 0.3) is 0 Å². The first-order chi connectivity index (χ1) is 9.58. The molecule has 1 aromatic carbocycles. The van der Waals surface area contributed by atoms with Crippen LogP contribution >= 0.6 is 0 Å². The van der Waals surface area contributed by atoms with Gasteiger partial charge in [0.05, 0.1) is 19.1 Å². The predicted molar refractivity (Wildman–Crippen MR) is 75.0 cm³/mol. The van der Waals surface area contributed by atoms with Crippen LogP contribution in [0.25, 0.3) is 0 Å². The molecule has 0 unspecified atom stereocenters. The zero-order chi connectivity index (χ0) is 15.0. The van der Waals surface area contributed by atoms with Crippen LogP contribution in [0.1, 0.15) is 25.3 Å². The number of hydrogen-bond donors (Lipinski definition) is 0. The van der Waals surface area contributed by atoms with E-state index in [-0.39, 0.29) is 31.3 Å².